The number of nitrogens with zero attached hydrogens (tertiary/aromatic N) is 6. The molecule has 0 unspecified atom stereocenters. The van der Waals surface area contributed by atoms with Crippen molar-refractivity contribution in [3.05, 3.63) is 136 Å². The largest absolute Gasteiger partial charge is 0.497 e. The minimum atomic E-state index is -0.541. The lowest BCUT2D eigenvalue weighted by Gasteiger charge is -2.22. The van der Waals surface area contributed by atoms with Crippen LogP contribution >= 0.6 is 11.8 Å². The number of hydrogen-bond acceptors (Lipinski definition) is 10. The number of thioether (sulfide) groups is 1. The molecular weight excluding hydrogens is 665 g/mol. The fraction of sp³-hybridized carbons (Fsp3) is 0.171. The minimum Gasteiger partial charge on any atom is -0.497 e. The molecule has 0 radical (unpaired) electrons. The maximum Gasteiger partial charge on any atom is 0.269 e. The summed E-state index contributed by atoms with van der Waals surface area (Å²) in [4.78, 5) is 37.3. The highest BCUT2D eigenvalue weighted by Gasteiger charge is 2.33. The van der Waals surface area contributed by atoms with Gasteiger partial charge in [0.05, 0.1) is 48.9 Å². The molecule has 15 heteroatoms. The lowest BCUT2D eigenvalue weighted by atomic mass is 9.98. The van der Waals surface area contributed by atoms with E-state index in [1.54, 1.807) is 42.0 Å². The second-order valence-electron chi connectivity index (χ2n) is 11.0. The third-order valence-electron chi connectivity index (χ3n) is 7.94. The first-order valence-corrected chi connectivity index (χ1v) is 16.3. The van der Waals surface area contributed by atoms with Gasteiger partial charge in [-0.2, -0.15) is 5.10 Å². The Kier molecular flexibility index (Phi) is 10.1. The third-order valence-corrected chi connectivity index (χ3v) is 8.86. The number of para-hydroxylation sites is 2. The molecule has 13 nitrogen and oxygen atoms in total. The summed E-state index contributed by atoms with van der Waals surface area (Å²) in [6.45, 7) is -0.0519. The van der Waals surface area contributed by atoms with Gasteiger partial charge in [0.25, 0.3) is 17.5 Å². The van der Waals surface area contributed by atoms with E-state index in [0.717, 1.165) is 22.9 Å². The summed E-state index contributed by atoms with van der Waals surface area (Å²) in [6.07, 6.45) is 0.421. The van der Waals surface area contributed by atoms with Crippen LogP contribution in [0.15, 0.2) is 107 Å². The number of non-ortho nitro benzene ring substituents is 1. The summed E-state index contributed by atoms with van der Waals surface area (Å²) in [5, 5.41) is 29.0. The molecule has 6 rings (SSSR count). The van der Waals surface area contributed by atoms with Gasteiger partial charge < -0.3 is 14.8 Å². The van der Waals surface area contributed by atoms with E-state index in [9.17, 15) is 24.1 Å². The highest BCUT2D eigenvalue weighted by atomic mass is 32.2. The summed E-state index contributed by atoms with van der Waals surface area (Å²) in [5.41, 5.74) is 2.95. The normalized spacial score (nSPS) is 13.9. The van der Waals surface area contributed by atoms with E-state index in [-0.39, 0.29) is 35.3 Å². The van der Waals surface area contributed by atoms with E-state index in [4.69, 9.17) is 14.6 Å². The monoisotopic (exact) mass is 695 g/mol. The Hall–Kier alpha value is -6.09. The number of carbonyl (C=O) groups excluding carboxylic acids is 2. The van der Waals surface area contributed by atoms with E-state index < -0.39 is 16.9 Å². The molecule has 0 saturated heterocycles. The minimum absolute atomic E-state index is 0.0519. The van der Waals surface area contributed by atoms with Crippen molar-refractivity contribution < 1.29 is 28.4 Å². The molecule has 0 aliphatic carbocycles. The second kappa shape index (κ2) is 15.0. The van der Waals surface area contributed by atoms with Gasteiger partial charge in [0.2, 0.25) is 0 Å². The van der Waals surface area contributed by atoms with Crippen LogP contribution in [0, 0.1) is 15.9 Å². The molecule has 50 heavy (non-hydrogen) atoms. The number of nitrogens with one attached hydrogen (secondary N) is 1. The van der Waals surface area contributed by atoms with Crippen LogP contribution in [0.3, 0.4) is 0 Å². The van der Waals surface area contributed by atoms with Gasteiger partial charge in [0.15, 0.2) is 11.0 Å². The van der Waals surface area contributed by atoms with Gasteiger partial charge in [-0.25, -0.2) is 9.40 Å². The number of methoxy groups -OCH3 is 2. The average molecular weight is 696 g/mol. The smallest absolute Gasteiger partial charge is 0.269 e. The maximum absolute atomic E-state index is 13.9. The van der Waals surface area contributed by atoms with Crippen LogP contribution in [0.4, 0.5) is 10.1 Å². The van der Waals surface area contributed by atoms with E-state index in [0.29, 0.717) is 40.3 Å². The van der Waals surface area contributed by atoms with Gasteiger partial charge >= 0.3 is 0 Å². The quantitative estimate of drug-likeness (QED) is 0.0979. The van der Waals surface area contributed by atoms with Crippen LogP contribution in [-0.4, -0.2) is 62.2 Å². The Bertz CT molecular complexity index is 2050. The first-order chi connectivity index (χ1) is 24.2. The number of hydrazone groups is 1. The first-order valence-electron chi connectivity index (χ1n) is 15.3. The maximum atomic E-state index is 13.9. The van der Waals surface area contributed by atoms with Crippen LogP contribution in [0.1, 0.15) is 39.8 Å². The summed E-state index contributed by atoms with van der Waals surface area (Å²) in [5.74, 6) is 0.321. The predicted octanol–water partition coefficient (Wildman–Crippen LogP) is 5.73. The molecule has 1 aromatic heterocycles. The predicted molar refractivity (Wildman–Crippen MR) is 183 cm³/mol. The molecule has 0 fully saturated rings. The fourth-order valence-electron chi connectivity index (χ4n) is 5.40. The lowest BCUT2D eigenvalue weighted by Crippen LogP contribution is -2.28. The molecule has 5 aromatic rings. The Morgan fingerprint density at radius 3 is 2.36 bits per heavy atom. The van der Waals surface area contributed by atoms with Crippen molar-refractivity contribution in [3.63, 3.8) is 0 Å². The van der Waals surface area contributed by atoms with Gasteiger partial charge in [-0.05, 0) is 71.8 Å². The summed E-state index contributed by atoms with van der Waals surface area (Å²) in [7, 11) is 3.11. The van der Waals surface area contributed by atoms with Gasteiger partial charge in [0, 0.05) is 24.1 Å². The molecule has 0 bridgehead atoms. The number of aromatic nitrogens is 3. The number of halogens is 1. The van der Waals surface area contributed by atoms with Crippen molar-refractivity contribution in [1.29, 1.82) is 0 Å². The number of amides is 2. The van der Waals surface area contributed by atoms with Crippen molar-refractivity contribution in [2.75, 3.05) is 20.0 Å². The molecule has 0 saturated carbocycles. The molecule has 0 spiro atoms. The molecule has 1 N–H and O–H groups in total. The summed E-state index contributed by atoms with van der Waals surface area (Å²) < 4.78 is 26.4. The van der Waals surface area contributed by atoms with Crippen LogP contribution in [0.5, 0.6) is 11.5 Å². The Labute approximate surface area is 289 Å². The molecule has 2 heterocycles. The van der Waals surface area contributed by atoms with Gasteiger partial charge in [-0.1, -0.05) is 36.0 Å². The van der Waals surface area contributed by atoms with Crippen molar-refractivity contribution in [1.82, 2.24) is 25.1 Å². The molecule has 2 amide bonds. The van der Waals surface area contributed by atoms with Gasteiger partial charge in [-0.15, -0.1) is 10.2 Å². The average Bonchev–Trinajstić information content (AvgIpc) is 3.78. The molecular formula is C35H30FN7O6S. The third kappa shape index (κ3) is 7.32. The van der Waals surface area contributed by atoms with E-state index in [1.807, 2.05) is 30.3 Å². The Balaban J connectivity index is 1.25. The van der Waals surface area contributed by atoms with Crippen molar-refractivity contribution in [2.45, 2.75) is 24.2 Å². The van der Waals surface area contributed by atoms with Crippen molar-refractivity contribution >= 4 is 35.0 Å². The van der Waals surface area contributed by atoms with E-state index in [1.165, 1.54) is 48.5 Å². The number of carbonyl (C=O) groups is 2. The van der Waals surface area contributed by atoms with Crippen LogP contribution in [0.25, 0.3) is 5.69 Å². The molecule has 1 atom stereocenters. The number of rotatable bonds is 12. The zero-order valence-corrected chi connectivity index (χ0v) is 27.7. The zero-order valence-electron chi connectivity index (χ0n) is 26.9. The van der Waals surface area contributed by atoms with Gasteiger partial charge in [0.1, 0.15) is 17.3 Å². The van der Waals surface area contributed by atoms with Gasteiger partial charge in [-0.3, -0.25) is 24.3 Å². The molecule has 1 aliphatic rings. The number of benzene rings is 4. The van der Waals surface area contributed by atoms with Crippen LogP contribution < -0.4 is 14.8 Å². The number of nitro benzene ring substituents is 1. The highest BCUT2D eigenvalue weighted by molar-refractivity contribution is 7.99. The summed E-state index contributed by atoms with van der Waals surface area (Å²) >= 11 is 1.13. The van der Waals surface area contributed by atoms with Crippen molar-refractivity contribution in [2.24, 2.45) is 5.10 Å². The molecule has 4 aromatic carbocycles. The number of nitro groups is 1. The lowest BCUT2D eigenvalue weighted by molar-refractivity contribution is -0.384. The highest BCUT2D eigenvalue weighted by Crippen LogP contribution is 2.35. The van der Waals surface area contributed by atoms with E-state index in [2.05, 4.69) is 15.5 Å². The zero-order chi connectivity index (χ0) is 35.2. The fourth-order valence-corrected chi connectivity index (χ4v) is 6.21. The second-order valence-corrected chi connectivity index (χ2v) is 11.9. The Morgan fingerprint density at radius 1 is 0.960 bits per heavy atom. The molecule has 1 aliphatic heterocycles. The standard InChI is InChI=1S/C35H30FN7O6S/c1-48-27-17-11-22(12-18-27)28-19-30(23-7-13-25(36)14-8-23)42(40-28)33(44)21-50-35-39-38-32(41(35)29-5-3-4-6-31(29)49-2)20-37-34(45)24-9-15-26(16-10-24)43(46)47/h3-18,30H,19-21H2,1-2H3,(H,37,45)/t30-/m0/s1. The first kappa shape index (κ1) is 33.8. The Morgan fingerprint density at radius 2 is 1.68 bits per heavy atom. The topological polar surface area (TPSA) is 154 Å². The van der Waals surface area contributed by atoms with Crippen LogP contribution in [0.2, 0.25) is 0 Å². The number of ether oxygens (including phenoxy) is 2. The van der Waals surface area contributed by atoms with E-state index >= 15 is 0 Å². The van der Waals surface area contributed by atoms with Crippen LogP contribution in [-0.2, 0) is 11.3 Å². The molecule has 254 valence electrons. The van der Waals surface area contributed by atoms with Crippen molar-refractivity contribution in [3.8, 4) is 17.2 Å². The SMILES string of the molecule is COc1ccc(C2=NN(C(=O)CSc3nnc(CNC(=O)c4ccc([N+](=O)[O-])cc4)n3-c3ccccc3OC)[C@H](c3ccc(F)cc3)C2)cc1. The summed E-state index contributed by atoms with van der Waals surface area (Å²) in [6, 6.07) is 25.4. The number of hydrogen-bond donors (Lipinski definition) is 1.